The van der Waals surface area contributed by atoms with Crippen molar-refractivity contribution < 1.29 is 24.2 Å². The molecule has 6 nitrogen and oxygen atoms in total. The molecule has 152 valence electrons. The maximum Gasteiger partial charge on any atom is 0.331 e. The van der Waals surface area contributed by atoms with E-state index in [-0.39, 0.29) is 25.2 Å². The molecule has 2 atom stereocenters. The van der Waals surface area contributed by atoms with Gasteiger partial charge in [-0.25, -0.2) is 4.79 Å². The highest BCUT2D eigenvalue weighted by molar-refractivity contribution is 5.77. The van der Waals surface area contributed by atoms with Crippen molar-refractivity contribution in [2.75, 3.05) is 26.9 Å². The Labute approximate surface area is 166 Å². The number of nitrogens with zero attached hydrogens (tertiary/aromatic N) is 1. The van der Waals surface area contributed by atoms with Gasteiger partial charge in [0, 0.05) is 19.4 Å². The highest BCUT2D eigenvalue weighted by atomic mass is 16.6. The maximum atomic E-state index is 12.3. The lowest BCUT2D eigenvalue weighted by atomic mass is 9.99. The van der Waals surface area contributed by atoms with Gasteiger partial charge in [-0.05, 0) is 18.4 Å². The summed E-state index contributed by atoms with van der Waals surface area (Å²) in [7, 11) is 1.31. The van der Waals surface area contributed by atoms with Crippen LogP contribution in [0.25, 0.3) is 0 Å². The van der Waals surface area contributed by atoms with Gasteiger partial charge in [0.15, 0.2) is 0 Å². The number of hydrogen-bond acceptors (Lipinski definition) is 5. The third-order valence-electron chi connectivity index (χ3n) is 4.58. The zero-order valence-corrected chi connectivity index (χ0v) is 16.3. The molecule has 1 amide bonds. The van der Waals surface area contributed by atoms with Crippen molar-refractivity contribution in [3.8, 4) is 0 Å². The number of aliphatic hydroxyl groups excluding tert-OH is 1. The van der Waals surface area contributed by atoms with E-state index in [2.05, 4.69) is 4.74 Å². The van der Waals surface area contributed by atoms with Crippen LogP contribution in [0.3, 0.4) is 0 Å². The summed E-state index contributed by atoms with van der Waals surface area (Å²) in [6, 6.07) is 9.81. The predicted molar refractivity (Wildman–Crippen MR) is 107 cm³/mol. The van der Waals surface area contributed by atoms with E-state index in [9.17, 15) is 14.7 Å². The molecule has 1 aromatic carbocycles. The maximum absolute atomic E-state index is 12.3. The summed E-state index contributed by atoms with van der Waals surface area (Å²) in [5, 5.41) is 10.3. The monoisotopic (exact) mass is 387 g/mol. The predicted octanol–water partition coefficient (Wildman–Crippen LogP) is 2.27. The second kappa shape index (κ2) is 12.1. The number of hydrogen-bond donors (Lipinski definition) is 1. The van der Waals surface area contributed by atoms with Crippen molar-refractivity contribution in [3.05, 3.63) is 60.2 Å². The van der Waals surface area contributed by atoms with Crippen LogP contribution >= 0.6 is 0 Å². The summed E-state index contributed by atoms with van der Waals surface area (Å²) in [5.74, 6) is -0.308. The lowest BCUT2D eigenvalue weighted by Gasteiger charge is -2.33. The number of amides is 1. The van der Waals surface area contributed by atoms with Crippen molar-refractivity contribution in [1.29, 1.82) is 0 Å². The molecule has 1 aliphatic heterocycles. The summed E-state index contributed by atoms with van der Waals surface area (Å²) < 4.78 is 9.65. The minimum Gasteiger partial charge on any atom is -0.467 e. The topological polar surface area (TPSA) is 76.1 Å². The Morgan fingerprint density at radius 2 is 2.11 bits per heavy atom. The number of likely N-dealkylation sites (tertiary alicyclic amines) is 1. The van der Waals surface area contributed by atoms with Gasteiger partial charge in [-0.1, -0.05) is 54.6 Å². The normalized spacial score (nSPS) is 18.7. The molecular weight excluding hydrogens is 358 g/mol. The molecule has 1 N–H and O–H groups in total. The van der Waals surface area contributed by atoms with Crippen molar-refractivity contribution in [2.24, 2.45) is 0 Å². The summed E-state index contributed by atoms with van der Waals surface area (Å²) in [4.78, 5) is 25.1. The van der Waals surface area contributed by atoms with Gasteiger partial charge >= 0.3 is 5.97 Å². The number of piperidine rings is 1. The summed E-state index contributed by atoms with van der Waals surface area (Å²) in [5.41, 5.74) is 1.08. The summed E-state index contributed by atoms with van der Waals surface area (Å²) in [6.45, 7) is 0.672. The van der Waals surface area contributed by atoms with E-state index in [1.54, 1.807) is 12.2 Å². The summed E-state index contributed by atoms with van der Waals surface area (Å²) >= 11 is 0. The fourth-order valence-electron chi connectivity index (χ4n) is 3.09. The standard InChI is InChI=1S/C22H29NO5/c1-27-22(26)17-28-15-6-5-14-23-19(10-7-11-21(23)25)12-13-20(24)16-18-8-3-2-4-9-18/h2-6,8-9,12-13,19-20,24H,7,10-11,14-17H2,1H3/b6-5-,13-12+/t19-,20?/m1/s1. The number of esters is 1. The molecule has 1 saturated heterocycles. The second-order valence-corrected chi connectivity index (χ2v) is 6.71. The molecule has 0 bridgehead atoms. The molecule has 0 aromatic heterocycles. The minimum absolute atomic E-state index is 0.0210. The van der Waals surface area contributed by atoms with Crippen molar-refractivity contribution >= 4 is 11.9 Å². The Bertz CT molecular complexity index is 671. The van der Waals surface area contributed by atoms with Crippen LogP contribution in [0.15, 0.2) is 54.6 Å². The van der Waals surface area contributed by atoms with Gasteiger partial charge in [0.25, 0.3) is 0 Å². The van der Waals surface area contributed by atoms with Crippen LogP contribution in [0.5, 0.6) is 0 Å². The van der Waals surface area contributed by atoms with Crippen molar-refractivity contribution in [3.63, 3.8) is 0 Å². The molecule has 1 unspecified atom stereocenters. The minimum atomic E-state index is -0.580. The molecule has 6 heteroatoms. The first kappa shape index (κ1) is 21.9. The number of aliphatic hydroxyl groups is 1. The molecular formula is C22H29NO5. The van der Waals surface area contributed by atoms with E-state index >= 15 is 0 Å². The number of methoxy groups -OCH3 is 1. The average molecular weight is 387 g/mol. The van der Waals surface area contributed by atoms with Crippen LogP contribution in [0, 0.1) is 0 Å². The molecule has 2 rings (SSSR count). The van der Waals surface area contributed by atoms with E-state index < -0.39 is 12.1 Å². The molecule has 0 aliphatic carbocycles. The molecule has 1 heterocycles. The lowest BCUT2D eigenvalue weighted by molar-refractivity contribution is -0.145. The second-order valence-electron chi connectivity index (χ2n) is 6.71. The fraction of sp³-hybridized carbons (Fsp3) is 0.455. The van der Waals surface area contributed by atoms with Crippen LogP contribution < -0.4 is 0 Å². The van der Waals surface area contributed by atoms with Crippen LogP contribution in [-0.2, 0) is 25.5 Å². The SMILES string of the molecule is COC(=O)COC/C=C\CN1C(=O)CCC[C@@H]1/C=C/C(O)Cc1ccccc1. The first-order valence-electron chi connectivity index (χ1n) is 9.59. The molecule has 28 heavy (non-hydrogen) atoms. The van der Waals surface area contributed by atoms with Crippen LogP contribution in [0.4, 0.5) is 0 Å². The summed E-state index contributed by atoms with van der Waals surface area (Å²) in [6.07, 6.45) is 9.62. The van der Waals surface area contributed by atoms with Gasteiger partial charge in [-0.15, -0.1) is 0 Å². The van der Waals surface area contributed by atoms with Crippen LogP contribution in [-0.4, -0.2) is 60.9 Å². The van der Waals surface area contributed by atoms with Crippen molar-refractivity contribution in [2.45, 2.75) is 37.8 Å². The number of benzene rings is 1. The fourth-order valence-corrected chi connectivity index (χ4v) is 3.09. The zero-order chi connectivity index (χ0) is 20.2. The number of carbonyl (C=O) groups excluding carboxylic acids is 2. The molecule has 1 aliphatic rings. The highest BCUT2D eigenvalue weighted by Gasteiger charge is 2.25. The third-order valence-corrected chi connectivity index (χ3v) is 4.58. The number of carbonyl (C=O) groups is 2. The Morgan fingerprint density at radius 1 is 1.32 bits per heavy atom. The van der Waals surface area contributed by atoms with Crippen LogP contribution in [0.2, 0.25) is 0 Å². The zero-order valence-electron chi connectivity index (χ0n) is 16.3. The van der Waals surface area contributed by atoms with E-state index in [0.717, 1.165) is 18.4 Å². The van der Waals surface area contributed by atoms with Gasteiger partial charge in [0.05, 0.1) is 25.9 Å². The van der Waals surface area contributed by atoms with E-state index in [0.29, 0.717) is 19.4 Å². The van der Waals surface area contributed by atoms with Crippen LogP contribution in [0.1, 0.15) is 24.8 Å². The molecule has 0 saturated carbocycles. The van der Waals surface area contributed by atoms with E-state index in [1.807, 2.05) is 47.4 Å². The lowest BCUT2D eigenvalue weighted by Crippen LogP contribution is -2.42. The number of rotatable bonds is 10. The van der Waals surface area contributed by atoms with Crippen molar-refractivity contribution in [1.82, 2.24) is 4.90 Å². The Morgan fingerprint density at radius 3 is 2.86 bits per heavy atom. The van der Waals surface area contributed by atoms with Gasteiger partial charge < -0.3 is 19.5 Å². The van der Waals surface area contributed by atoms with Gasteiger partial charge in [-0.2, -0.15) is 0 Å². The first-order chi connectivity index (χ1) is 13.6. The van der Waals surface area contributed by atoms with Gasteiger partial charge in [0.2, 0.25) is 5.91 Å². The third kappa shape index (κ3) is 7.66. The van der Waals surface area contributed by atoms with Gasteiger partial charge in [0.1, 0.15) is 6.61 Å². The smallest absolute Gasteiger partial charge is 0.331 e. The number of ether oxygens (including phenoxy) is 2. The Hall–Kier alpha value is -2.44. The quantitative estimate of drug-likeness (QED) is 0.379. The Balaban J connectivity index is 1.83. The van der Waals surface area contributed by atoms with Gasteiger partial charge in [-0.3, -0.25) is 4.79 Å². The van der Waals surface area contributed by atoms with E-state index in [1.165, 1.54) is 7.11 Å². The molecule has 0 radical (unpaired) electrons. The molecule has 0 spiro atoms. The Kier molecular flexibility index (Phi) is 9.45. The first-order valence-corrected chi connectivity index (χ1v) is 9.59. The highest BCUT2D eigenvalue weighted by Crippen LogP contribution is 2.19. The molecule has 1 aromatic rings. The average Bonchev–Trinajstić information content (AvgIpc) is 2.70. The largest absolute Gasteiger partial charge is 0.467 e. The molecule has 1 fully saturated rings. The van der Waals surface area contributed by atoms with E-state index in [4.69, 9.17) is 4.74 Å².